The maximum absolute atomic E-state index is 11.7. The Labute approximate surface area is 152 Å². The fraction of sp³-hybridized carbons (Fsp3) is 0.238. The number of aromatic nitrogens is 1. The summed E-state index contributed by atoms with van der Waals surface area (Å²) < 4.78 is 6.22. The minimum Gasteiger partial charge on any atom is -0.466 e. The summed E-state index contributed by atoms with van der Waals surface area (Å²) >= 11 is 1.66. The molecule has 0 radical (unpaired) electrons. The van der Waals surface area contributed by atoms with Gasteiger partial charge < -0.3 is 4.74 Å². The van der Waals surface area contributed by atoms with Gasteiger partial charge >= 0.3 is 5.97 Å². The molecule has 128 valence electrons. The van der Waals surface area contributed by atoms with Crippen LogP contribution in [0, 0.1) is 13.8 Å². The first-order chi connectivity index (χ1) is 12.1. The number of fused-ring (bicyclic) bond motifs is 1. The van der Waals surface area contributed by atoms with Crippen molar-refractivity contribution in [2.45, 2.75) is 27.2 Å². The van der Waals surface area contributed by atoms with E-state index in [4.69, 9.17) is 4.74 Å². The van der Waals surface area contributed by atoms with Crippen molar-refractivity contribution < 1.29 is 9.53 Å². The lowest BCUT2D eigenvalue weighted by molar-refractivity contribution is -0.142. The Bertz CT molecular complexity index is 940. The van der Waals surface area contributed by atoms with Crippen LogP contribution in [-0.2, 0) is 16.0 Å². The van der Waals surface area contributed by atoms with Crippen molar-refractivity contribution in [2.75, 3.05) is 6.61 Å². The second-order valence-corrected chi connectivity index (χ2v) is 6.87. The number of esters is 1. The van der Waals surface area contributed by atoms with Gasteiger partial charge in [0.1, 0.15) is 0 Å². The first-order valence-electron chi connectivity index (χ1n) is 8.35. The van der Waals surface area contributed by atoms with Gasteiger partial charge in [0.25, 0.3) is 0 Å². The Morgan fingerprint density at radius 3 is 2.80 bits per heavy atom. The molecule has 1 aromatic carbocycles. The number of carbonyl (C=O) groups excluding carboxylic acids is 1. The van der Waals surface area contributed by atoms with E-state index in [2.05, 4.69) is 41.4 Å². The van der Waals surface area contributed by atoms with Gasteiger partial charge in [-0.2, -0.15) is 0 Å². The van der Waals surface area contributed by atoms with Crippen LogP contribution in [0.1, 0.15) is 35.0 Å². The average Bonchev–Trinajstić information content (AvgIpc) is 2.96. The van der Waals surface area contributed by atoms with Crippen molar-refractivity contribution in [1.29, 1.82) is 0 Å². The number of pyridine rings is 1. The molecule has 0 spiro atoms. The van der Waals surface area contributed by atoms with Crippen LogP contribution in [-0.4, -0.2) is 17.6 Å². The molecule has 2 aromatic heterocycles. The van der Waals surface area contributed by atoms with E-state index in [0.29, 0.717) is 13.0 Å². The molecule has 3 rings (SSSR count). The molecule has 0 atom stereocenters. The lowest BCUT2D eigenvalue weighted by Crippen LogP contribution is -2.06. The predicted octanol–water partition coefficient (Wildman–Crippen LogP) is 5.19. The molecule has 25 heavy (non-hydrogen) atoms. The molecule has 0 aliphatic rings. The van der Waals surface area contributed by atoms with Crippen LogP contribution in [0.25, 0.3) is 22.2 Å². The number of thiophene rings is 1. The molecule has 0 N–H and O–H groups in total. The van der Waals surface area contributed by atoms with E-state index in [1.54, 1.807) is 11.3 Å². The van der Waals surface area contributed by atoms with Crippen molar-refractivity contribution in [3.63, 3.8) is 0 Å². The van der Waals surface area contributed by atoms with E-state index in [9.17, 15) is 4.79 Å². The monoisotopic (exact) mass is 351 g/mol. The van der Waals surface area contributed by atoms with E-state index in [0.717, 1.165) is 33.5 Å². The van der Waals surface area contributed by atoms with Gasteiger partial charge in [-0.3, -0.25) is 9.78 Å². The zero-order chi connectivity index (χ0) is 17.8. The van der Waals surface area contributed by atoms with Gasteiger partial charge in [0.2, 0.25) is 0 Å². The third-order valence-electron chi connectivity index (χ3n) is 4.04. The van der Waals surface area contributed by atoms with Crippen molar-refractivity contribution in [3.05, 3.63) is 63.8 Å². The van der Waals surface area contributed by atoms with E-state index in [-0.39, 0.29) is 5.97 Å². The SMILES string of the molecule is CCOC(=O)Cc1csc2cc(/C=C/c3ccc(C)nc3C)ccc12. The van der Waals surface area contributed by atoms with Crippen LogP contribution in [0.2, 0.25) is 0 Å². The topological polar surface area (TPSA) is 39.2 Å². The van der Waals surface area contributed by atoms with Gasteiger partial charge in [0.15, 0.2) is 0 Å². The highest BCUT2D eigenvalue weighted by molar-refractivity contribution is 7.17. The lowest BCUT2D eigenvalue weighted by atomic mass is 10.1. The van der Waals surface area contributed by atoms with Crippen molar-refractivity contribution in [3.8, 4) is 0 Å². The fourth-order valence-corrected chi connectivity index (χ4v) is 3.78. The largest absolute Gasteiger partial charge is 0.466 e. The third kappa shape index (κ3) is 4.15. The van der Waals surface area contributed by atoms with Crippen LogP contribution in [0.4, 0.5) is 0 Å². The third-order valence-corrected chi connectivity index (χ3v) is 5.04. The molecular formula is C21H21NO2S. The Hall–Kier alpha value is -2.46. The van der Waals surface area contributed by atoms with Crippen LogP contribution in [0.5, 0.6) is 0 Å². The number of nitrogens with zero attached hydrogens (tertiary/aromatic N) is 1. The van der Waals surface area contributed by atoms with Crippen LogP contribution in [0.3, 0.4) is 0 Å². The molecular weight excluding hydrogens is 330 g/mol. The number of aryl methyl sites for hydroxylation is 2. The molecule has 4 heteroatoms. The zero-order valence-corrected chi connectivity index (χ0v) is 15.5. The quantitative estimate of drug-likeness (QED) is 0.594. The van der Waals surface area contributed by atoms with Gasteiger partial charge in [0, 0.05) is 16.1 Å². The van der Waals surface area contributed by atoms with E-state index < -0.39 is 0 Å². The summed E-state index contributed by atoms with van der Waals surface area (Å²) in [6.07, 6.45) is 4.52. The molecule has 0 saturated heterocycles. The summed E-state index contributed by atoms with van der Waals surface area (Å²) in [6.45, 7) is 6.27. The number of hydrogen-bond donors (Lipinski definition) is 0. The molecule has 0 unspecified atom stereocenters. The van der Waals surface area contributed by atoms with Gasteiger partial charge in [0.05, 0.1) is 13.0 Å². The number of benzene rings is 1. The van der Waals surface area contributed by atoms with Crippen molar-refractivity contribution in [1.82, 2.24) is 4.98 Å². The number of hydrogen-bond acceptors (Lipinski definition) is 4. The Kier molecular flexibility index (Phi) is 5.29. The molecule has 0 saturated carbocycles. The van der Waals surface area contributed by atoms with Gasteiger partial charge in [-0.05, 0) is 60.4 Å². The molecule has 0 fully saturated rings. The van der Waals surface area contributed by atoms with E-state index in [1.807, 2.05) is 32.2 Å². The lowest BCUT2D eigenvalue weighted by Gasteiger charge is -2.02. The van der Waals surface area contributed by atoms with E-state index >= 15 is 0 Å². The van der Waals surface area contributed by atoms with Crippen molar-refractivity contribution >= 4 is 39.5 Å². The normalized spacial score (nSPS) is 11.3. The van der Waals surface area contributed by atoms with Gasteiger partial charge in [-0.15, -0.1) is 11.3 Å². The summed E-state index contributed by atoms with van der Waals surface area (Å²) in [6, 6.07) is 10.4. The molecule has 3 aromatic rings. The van der Waals surface area contributed by atoms with Crippen LogP contribution < -0.4 is 0 Å². The number of ether oxygens (including phenoxy) is 1. The van der Waals surface area contributed by atoms with Crippen LogP contribution in [0.15, 0.2) is 35.7 Å². The van der Waals surface area contributed by atoms with Crippen molar-refractivity contribution in [2.24, 2.45) is 0 Å². The maximum Gasteiger partial charge on any atom is 0.310 e. The molecule has 0 amide bonds. The minimum atomic E-state index is -0.173. The summed E-state index contributed by atoms with van der Waals surface area (Å²) in [5, 5.41) is 3.17. The average molecular weight is 351 g/mol. The summed E-state index contributed by atoms with van der Waals surface area (Å²) in [5.74, 6) is -0.173. The molecule has 3 nitrogen and oxygen atoms in total. The summed E-state index contributed by atoms with van der Waals surface area (Å²) in [5.41, 5.74) is 5.36. The number of rotatable bonds is 5. The highest BCUT2D eigenvalue weighted by atomic mass is 32.1. The van der Waals surface area contributed by atoms with Gasteiger partial charge in [-0.1, -0.05) is 30.4 Å². The second kappa shape index (κ2) is 7.62. The first-order valence-corrected chi connectivity index (χ1v) is 9.23. The van der Waals surface area contributed by atoms with Crippen LogP contribution >= 0.6 is 11.3 Å². The molecule has 2 heterocycles. The maximum atomic E-state index is 11.7. The Balaban J connectivity index is 1.82. The molecule has 0 aliphatic heterocycles. The minimum absolute atomic E-state index is 0.173. The second-order valence-electron chi connectivity index (χ2n) is 5.96. The molecule has 0 bridgehead atoms. The Morgan fingerprint density at radius 2 is 2.04 bits per heavy atom. The highest BCUT2D eigenvalue weighted by Gasteiger charge is 2.09. The summed E-state index contributed by atoms with van der Waals surface area (Å²) in [4.78, 5) is 16.2. The van der Waals surface area contributed by atoms with Gasteiger partial charge in [-0.25, -0.2) is 0 Å². The highest BCUT2D eigenvalue weighted by Crippen LogP contribution is 2.28. The predicted molar refractivity (Wildman–Crippen MR) is 105 cm³/mol. The summed E-state index contributed by atoms with van der Waals surface area (Å²) in [7, 11) is 0. The zero-order valence-electron chi connectivity index (χ0n) is 14.7. The van der Waals surface area contributed by atoms with E-state index in [1.165, 1.54) is 4.70 Å². The Morgan fingerprint density at radius 1 is 1.20 bits per heavy atom. The fourth-order valence-electron chi connectivity index (χ4n) is 2.77. The molecule has 0 aliphatic carbocycles. The number of carbonyl (C=O) groups is 1. The first kappa shape index (κ1) is 17.4. The standard InChI is InChI=1S/C21H21NO2S/c1-4-24-21(23)12-18-13-25-20-11-16(7-10-19(18)20)6-9-17-8-5-14(2)22-15(17)3/h5-11,13H,4,12H2,1-3H3/b9-6+. The smallest absolute Gasteiger partial charge is 0.310 e.